The summed E-state index contributed by atoms with van der Waals surface area (Å²) in [6.07, 6.45) is 0.865. The van der Waals surface area contributed by atoms with Crippen molar-refractivity contribution in [3.05, 3.63) is 45.9 Å². The lowest BCUT2D eigenvalue weighted by Gasteiger charge is -2.15. The average molecular weight is 300 g/mol. The lowest BCUT2D eigenvalue weighted by molar-refractivity contribution is 0.0945. The monoisotopic (exact) mass is 300 g/mol. The molecule has 4 heteroatoms. The van der Waals surface area contributed by atoms with E-state index < -0.39 is 0 Å². The number of nitrogens with one attached hydrogen (secondary N) is 1. The highest BCUT2D eigenvalue weighted by molar-refractivity contribution is 5.96. The molecule has 0 bridgehead atoms. The van der Waals surface area contributed by atoms with Crippen molar-refractivity contribution in [3.63, 3.8) is 0 Å². The summed E-state index contributed by atoms with van der Waals surface area (Å²) in [6, 6.07) is 7.58. The summed E-state index contributed by atoms with van der Waals surface area (Å²) in [5.74, 6) is 0.285. The van der Waals surface area contributed by atoms with Crippen molar-refractivity contribution in [2.45, 2.75) is 40.7 Å². The molecule has 0 fully saturated rings. The number of nitrogens with zero attached hydrogens (tertiary/aromatic N) is 1. The molecule has 1 heterocycles. The minimum atomic E-state index is -0.189. The number of fused-ring (bicyclic) bond motifs is 1. The Morgan fingerprint density at radius 1 is 1.27 bits per heavy atom. The molecular formula is C18H24N2O2. The normalized spacial score (nSPS) is 11.1. The molecule has 0 radical (unpaired) electrons. The average Bonchev–Trinajstić information content (AvgIpc) is 2.46. The van der Waals surface area contributed by atoms with Crippen molar-refractivity contribution < 1.29 is 4.79 Å². The molecule has 0 aliphatic carbocycles. The number of hydrogen-bond acceptors (Lipinski definition) is 2. The summed E-state index contributed by atoms with van der Waals surface area (Å²) in [4.78, 5) is 25.1. The van der Waals surface area contributed by atoms with Crippen molar-refractivity contribution in [2.24, 2.45) is 5.92 Å². The molecule has 0 atom stereocenters. The standard InChI is InChI=1S/C18H24N2O2/c1-5-19-17(21)16-11-14-7-6-13(4)10-15(14)18(22)20(16)9-8-12(2)3/h6-7,10-12H,5,8-9H2,1-4H3,(H,19,21). The fourth-order valence-electron chi connectivity index (χ4n) is 2.51. The van der Waals surface area contributed by atoms with Crippen molar-refractivity contribution >= 4 is 16.7 Å². The number of aryl methyl sites for hydroxylation is 1. The van der Waals surface area contributed by atoms with Crippen LogP contribution in [0.5, 0.6) is 0 Å². The zero-order chi connectivity index (χ0) is 16.3. The minimum Gasteiger partial charge on any atom is -0.351 e. The van der Waals surface area contributed by atoms with Crippen LogP contribution in [0, 0.1) is 12.8 Å². The van der Waals surface area contributed by atoms with Gasteiger partial charge in [0.05, 0.1) is 0 Å². The van der Waals surface area contributed by atoms with Gasteiger partial charge in [0.25, 0.3) is 11.5 Å². The lowest BCUT2D eigenvalue weighted by atomic mass is 10.1. The number of rotatable bonds is 5. The molecule has 1 aromatic heterocycles. The quantitative estimate of drug-likeness (QED) is 0.922. The Morgan fingerprint density at radius 3 is 2.64 bits per heavy atom. The maximum atomic E-state index is 12.8. The van der Waals surface area contributed by atoms with Gasteiger partial charge in [-0.05, 0) is 43.7 Å². The molecule has 0 saturated carbocycles. The zero-order valence-electron chi connectivity index (χ0n) is 13.8. The van der Waals surface area contributed by atoms with Crippen LogP contribution in [0.2, 0.25) is 0 Å². The number of benzene rings is 1. The highest BCUT2D eigenvalue weighted by Gasteiger charge is 2.15. The Labute approximate surface area is 131 Å². The first-order valence-electron chi connectivity index (χ1n) is 7.86. The molecule has 0 spiro atoms. The Balaban J connectivity index is 2.63. The highest BCUT2D eigenvalue weighted by atomic mass is 16.2. The van der Waals surface area contributed by atoms with Crippen LogP contribution in [0.15, 0.2) is 29.1 Å². The van der Waals surface area contributed by atoms with Crippen LogP contribution >= 0.6 is 0 Å². The largest absolute Gasteiger partial charge is 0.351 e. The molecule has 118 valence electrons. The van der Waals surface area contributed by atoms with Gasteiger partial charge in [0, 0.05) is 18.5 Å². The fraction of sp³-hybridized carbons (Fsp3) is 0.444. The summed E-state index contributed by atoms with van der Waals surface area (Å²) >= 11 is 0. The Hall–Kier alpha value is -2.10. The van der Waals surface area contributed by atoms with E-state index in [4.69, 9.17) is 0 Å². The van der Waals surface area contributed by atoms with Gasteiger partial charge in [-0.3, -0.25) is 9.59 Å². The fourth-order valence-corrected chi connectivity index (χ4v) is 2.51. The molecule has 1 N–H and O–H groups in total. The van der Waals surface area contributed by atoms with E-state index >= 15 is 0 Å². The summed E-state index contributed by atoms with van der Waals surface area (Å²) in [7, 11) is 0. The van der Waals surface area contributed by atoms with Gasteiger partial charge < -0.3 is 9.88 Å². The number of pyridine rings is 1. The molecule has 0 aliphatic heterocycles. The third kappa shape index (κ3) is 3.38. The van der Waals surface area contributed by atoms with Crippen LogP contribution in [-0.2, 0) is 6.54 Å². The van der Waals surface area contributed by atoms with E-state index in [-0.39, 0.29) is 11.5 Å². The molecule has 4 nitrogen and oxygen atoms in total. The summed E-state index contributed by atoms with van der Waals surface area (Å²) in [6.45, 7) is 9.17. The predicted octanol–water partition coefficient (Wildman–Crippen LogP) is 3.11. The van der Waals surface area contributed by atoms with Crippen molar-refractivity contribution in [2.75, 3.05) is 6.54 Å². The molecule has 2 rings (SSSR count). The van der Waals surface area contributed by atoms with Crippen molar-refractivity contribution in [3.8, 4) is 0 Å². The van der Waals surface area contributed by atoms with Crippen LogP contribution in [0.3, 0.4) is 0 Å². The van der Waals surface area contributed by atoms with Gasteiger partial charge in [0.1, 0.15) is 5.69 Å². The van der Waals surface area contributed by atoms with E-state index in [0.717, 1.165) is 17.4 Å². The molecule has 1 aromatic carbocycles. The van der Waals surface area contributed by atoms with Gasteiger partial charge in [-0.15, -0.1) is 0 Å². The predicted molar refractivity (Wildman–Crippen MR) is 90.4 cm³/mol. The number of carbonyl (C=O) groups is 1. The summed E-state index contributed by atoms with van der Waals surface area (Å²) in [5, 5.41) is 4.29. The molecule has 22 heavy (non-hydrogen) atoms. The van der Waals surface area contributed by atoms with E-state index in [0.29, 0.717) is 30.1 Å². The minimum absolute atomic E-state index is 0.0805. The second kappa shape index (κ2) is 6.77. The van der Waals surface area contributed by atoms with E-state index in [1.807, 2.05) is 38.1 Å². The second-order valence-electron chi connectivity index (χ2n) is 6.12. The number of aromatic nitrogens is 1. The Bertz CT molecular complexity index is 745. The maximum Gasteiger partial charge on any atom is 0.268 e. The Morgan fingerprint density at radius 2 is 2.00 bits per heavy atom. The molecule has 2 aromatic rings. The lowest BCUT2D eigenvalue weighted by Crippen LogP contribution is -2.32. The van der Waals surface area contributed by atoms with E-state index in [2.05, 4.69) is 19.2 Å². The number of carbonyl (C=O) groups excluding carboxylic acids is 1. The third-order valence-electron chi connectivity index (χ3n) is 3.77. The van der Waals surface area contributed by atoms with E-state index in [1.54, 1.807) is 4.57 Å². The van der Waals surface area contributed by atoms with E-state index in [1.165, 1.54) is 0 Å². The van der Waals surface area contributed by atoms with Crippen LogP contribution in [0.1, 0.15) is 43.2 Å². The first-order chi connectivity index (χ1) is 10.4. The molecule has 1 amide bonds. The topological polar surface area (TPSA) is 51.1 Å². The Kier molecular flexibility index (Phi) is 5.01. The maximum absolute atomic E-state index is 12.8. The van der Waals surface area contributed by atoms with Crippen LogP contribution in [-0.4, -0.2) is 17.0 Å². The first kappa shape index (κ1) is 16.3. The van der Waals surface area contributed by atoms with Crippen LogP contribution in [0.25, 0.3) is 10.8 Å². The number of amides is 1. The van der Waals surface area contributed by atoms with E-state index in [9.17, 15) is 9.59 Å². The molecule has 0 aliphatic rings. The summed E-state index contributed by atoms with van der Waals surface area (Å²) in [5.41, 5.74) is 1.41. The van der Waals surface area contributed by atoms with Gasteiger partial charge >= 0.3 is 0 Å². The first-order valence-corrected chi connectivity index (χ1v) is 7.86. The zero-order valence-corrected chi connectivity index (χ0v) is 13.8. The van der Waals surface area contributed by atoms with Gasteiger partial charge in [0.2, 0.25) is 0 Å². The van der Waals surface area contributed by atoms with Gasteiger partial charge in [-0.1, -0.05) is 31.5 Å². The van der Waals surface area contributed by atoms with Crippen molar-refractivity contribution in [1.82, 2.24) is 9.88 Å². The highest BCUT2D eigenvalue weighted by Crippen LogP contribution is 2.15. The molecule has 0 saturated heterocycles. The van der Waals surface area contributed by atoms with Gasteiger partial charge in [-0.25, -0.2) is 0 Å². The SMILES string of the molecule is CCNC(=O)c1cc2ccc(C)cc2c(=O)n1CCC(C)C. The van der Waals surface area contributed by atoms with Crippen molar-refractivity contribution in [1.29, 1.82) is 0 Å². The molecule has 0 unspecified atom stereocenters. The summed E-state index contributed by atoms with van der Waals surface area (Å²) < 4.78 is 1.62. The van der Waals surface area contributed by atoms with Crippen LogP contribution < -0.4 is 10.9 Å². The smallest absolute Gasteiger partial charge is 0.268 e. The second-order valence-corrected chi connectivity index (χ2v) is 6.12. The van der Waals surface area contributed by atoms with Crippen LogP contribution in [0.4, 0.5) is 0 Å². The van der Waals surface area contributed by atoms with Gasteiger partial charge in [0.15, 0.2) is 0 Å². The third-order valence-corrected chi connectivity index (χ3v) is 3.77. The number of hydrogen-bond donors (Lipinski definition) is 1. The van der Waals surface area contributed by atoms with Gasteiger partial charge in [-0.2, -0.15) is 0 Å². The molecular weight excluding hydrogens is 276 g/mol.